The zero-order valence-corrected chi connectivity index (χ0v) is 13.2. The molecule has 0 spiro atoms. The number of hydrogen-bond acceptors (Lipinski definition) is 5. The molecule has 1 aromatic carbocycles. The van der Waals surface area contributed by atoms with Gasteiger partial charge in [0.2, 0.25) is 0 Å². The minimum absolute atomic E-state index is 0.113. The molecule has 1 atom stereocenters. The third kappa shape index (κ3) is 3.06. The number of nitrogens with one attached hydrogen (secondary N) is 1. The van der Waals surface area contributed by atoms with Crippen molar-refractivity contribution in [2.24, 2.45) is 0 Å². The summed E-state index contributed by atoms with van der Waals surface area (Å²) in [4.78, 5) is 6.80. The lowest BCUT2D eigenvalue weighted by atomic mass is 10.2. The van der Waals surface area contributed by atoms with E-state index in [0.717, 1.165) is 26.2 Å². The summed E-state index contributed by atoms with van der Waals surface area (Å²) in [6.07, 6.45) is 0. The first-order valence-electron chi connectivity index (χ1n) is 6.89. The van der Waals surface area contributed by atoms with Crippen LogP contribution in [0.1, 0.15) is 18.8 Å². The molecule has 0 saturated carbocycles. The highest BCUT2D eigenvalue weighted by Gasteiger charge is 2.23. The molecule has 0 amide bonds. The van der Waals surface area contributed by atoms with Crippen molar-refractivity contribution in [3.63, 3.8) is 0 Å². The molecule has 0 bridgehead atoms. The van der Waals surface area contributed by atoms with Crippen molar-refractivity contribution in [1.82, 2.24) is 20.4 Å². The van der Waals surface area contributed by atoms with E-state index >= 15 is 0 Å². The van der Waals surface area contributed by atoms with Gasteiger partial charge in [-0.05, 0) is 19.1 Å². The normalized spacial score (nSPS) is 17.9. The molecule has 7 heteroatoms. The lowest BCUT2D eigenvalue weighted by Crippen LogP contribution is -2.44. The van der Waals surface area contributed by atoms with Crippen LogP contribution in [0.2, 0.25) is 10.0 Å². The smallest absolute Gasteiger partial charge is 0.259 e. The molecule has 2 aromatic rings. The number of benzene rings is 1. The molecule has 1 saturated heterocycles. The van der Waals surface area contributed by atoms with Gasteiger partial charge in [0, 0.05) is 26.2 Å². The molecule has 5 nitrogen and oxygen atoms in total. The molecule has 1 N–H and O–H groups in total. The summed E-state index contributed by atoms with van der Waals surface area (Å²) in [7, 11) is 0. The van der Waals surface area contributed by atoms with E-state index in [1.54, 1.807) is 6.07 Å². The van der Waals surface area contributed by atoms with Crippen LogP contribution in [0.25, 0.3) is 11.5 Å². The third-order valence-electron chi connectivity index (χ3n) is 3.70. The van der Waals surface area contributed by atoms with Gasteiger partial charge in [-0.2, -0.15) is 4.98 Å². The van der Waals surface area contributed by atoms with Gasteiger partial charge in [0.05, 0.1) is 21.7 Å². The summed E-state index contributed by atoms with van der Waals surface area (Å²) in [6.45, 7) is 6.00. The quantitative estimate of drug-likeness (QED) is 0.939. The first-order valence-corrected chi connectivity index (χ1v) is 7.65. The largest absolute Gasteiger partial charge is 0.334 e. The van der Waals surface area contributed by atoms with E-state index in [9.17, 15) is 0 Å². The van der Waals surface area contributed by atoms with E-state index in [1.807, 2.05) is 12.1 Å². The standard InChI is InChI=1S/C14H16Cl2N4O/c1-9(20-7-5-17-6-8-20)13-18-14(21-19-13)10-3-2-4-11(15)12(10)16/h2-4,9,17H,5-8H2,1H3. The van der Waals surface area contributed by atoms with E-state index < -0.39 is 0 Å². The summed E-state index contributed by atoms with van der Waals surface area (Å²) in [5, 5.41) is 8.33. The molecule has 21 heavy (non-hydrogen) atoms. The van der Waals surface area contributed by atoms with E-state index in [0.29, 0.717) is 27.3 Å². The van der Waals surface area contributed by atoms with Gasteiger partial charge < -0.3 is 9.84 Å². The van der Waals surface area contributed by atoms with Crippen molar-refractivity contribution in [2.75, 3.05) is 26.2 Å². The zero-order chi connectivity index (χ0) is 14.8. The fourth-order valence-corrected chi connectivity index (χ4v) is 2.80. The molecule has 1 fully saturated rings. The molecule has 1 aliphatic heterocycles. The van der Waals surface area contributed by atoms with E-state index in [1.165, 1.54) is 0 Å². The minimum Gasteiger partial charge on any atom is -0.334 e. The average Bonchev–Trinajstić information content (AvgIpc) is 3.00. The van der Waals surface area contributed by atoms with Gasteiger partial charge >= 0.3 is 0 Å². The Morgan fingerprint density at radius 1 is 1.29 bits per heavy atom. The molecule has 0 aliphatic carbocycles. The number of nitrogens with zero attached hydrogens (tertiary/aromatic N) is 3. The highest BCUT2D eigenvalue weighted by molar-refractivity contribution is 6.43. The van der Waals surface area contributed by atoms with Crippen molar-refractivity contribution < 1.29 is 4.52 Å². The molecular formula is C14H16Cl2N4O. The van der Waals surface area contributed by atoms with Gasteiger partial charge in [0.15, 0.2) is 5.82 Å². The molecule has 112 valence electrons. The van der Waals surface area contributed by atoms with Crippen LogP contribution in [0, 0.1) is 0 Å². The Morgan fingerprint density at radius 3 is 2.81 bits per heavy atom. The lowest BCUT2D eigenvalue weighted by molar-refractivity contribution is 0.176. The minimum atomic E-state index is 0.113. The van der Waals surface area contributed by atoms with Crippen molar-refractivity contribution in [3.05, 3.63) is 34.1 Å². The van der Waals surface area contributed by atoms with Crippen LogP contribution in [0.5, 0.6) is 0 Å². The predicted octanol–water partition coefficient (Wildman–Crippen LogP) is 3.01. The van der Waals surface area contributed by atoms with Crippen LogP contribution < -0.4 is 5.32 Å². The molecular weight excluding hydrogens is 311 g/mol. The molecule has 3 rings (SSSR count). The molecule has 1 unspecified atom stereocenters. The molecule has 1 aromatic heterocycles. The Balaban J connectivity index is 1.84. The van der Waals surface area contributed by atoms with Crippen LogP contribution in [0.3, 0.4) is 0 Å². The second kappa shape index (κ2) is 6.32. The van der Waals surface area contributed by atoms with Crippen LogP contribution in [0.4, 0.5) is 0 Å². The Hall–Kier alpha value is -1.14. The topological polar surface area (TPSA) is 54.2 Å². The van der Waals surface area contributed by atoms with Crippen LogP contribution in [-0.2, 0) is 0 Å². The van der Waals surface area contributed by atoms with Crippen molar-refractivity contribution in [1.29, 1.82) is 0 Å². The van der Waals surface area contributed by atoms with Gasteiger partial charge in [-0.15, -0.1) is 0 Å². The number of hydrogen-bond donors (Lipinski definition) is 1. The Bertz CT molecular complexity index is 625. The van der Waals surface area contributed by atoms with Gasteiger partial charge in [-0.3, -0.25) is 4.90 Å². The Morgan fingerprint density at radius 2 is 2.05 bits per heavy atom. The summed E-state index contributed by atoms with van der Waals surface area (Å²) >= 11 is 12.2. The monoisotopic (exact) mass is 326 g/mol. The lowest BCUT2D eigenvalue weighted by Gasteiger charge is -2.30. The van der Waals surface area contributed by atoms with Crippen LogP contribution >= 0.6 is 23.2 Å². The SMILES string of the molecule is CC(c1noc(-c2cccc(Cl)c2Cl)n1)N1CCNCC1. The number of piperazine rings is 1. The van der Waals surface area contributed by atoms with Gasteiger partial charge in [0.25, 0.3) is 5.89 Å². The fraction of sp³-hybridized carbons (Fsp3) is 0.429. The maximum atomic E-state index is 6.19. The highest BCUT2D eigenvalue weighted by Crippen LogP contribution is 2.33. The van der Waals surface area contributed by atoms with Crippen molar-refractivity contribution in [2.45, 2.75) is 13.0 Å². The number of aromatic nitrogens is 2. The van der Waals surface area contributed by atoms with Gasteiger partial charge in [-0.1, -0.05) is 34.4 Å². The summed E-state index contributed by atoms with van der Waals surface area (Å²) < 4.78 is 5.35. The zero-order valence-electron chi connectivity index (χ0n) is 11.6. The van der Waals surface area contributed by atoms with Gasteiger partial charge in [-0.25, -0.2) is 0 Å². The molecule has 0 radical (unpaired) electrons. The van der Waals surface area contributed by atoms with Crippen molar-refractivity contribution in [3.8, 4) is 11.5 Å². The Kier molecular flexibility index (Phi) is 4.45. The van der Waals surface area contributed by atoms with E-state index in [-0.39, 0.29) is 6.04 Å². The van der Waals surface area contributed by atoms with Crippen LogP contribution in [0.15, 0.2) is 22.7 Å². The summed E-state index contributed by atoms with van der Waals surface area (Å²) in [6, 6.07) is 5.48. The average molecular weight is 327 g/mol. The summed E-state index contributed by atoms with van der Waals surface area (Å²) in [5.41, 5.74) is 0.662. The first-order chi connectivity index (χ1) is 10.2. The molecule has 1 aliphatic rings. The Labute approximate surface area is 133 Å². The molecule has 2 heterocycles. The maximum absolute atomic E-state index is 6.19. The van der Waals surface area contributed by atoms with Gasteiger partial charge in [0.1, 0.15) is 0 Å². The number of halogens is 2. The second-order valence-corrected chi connectivity index (χ2v) is 5.81. The third-order valence-corrected chi connectivity index (χ3v) is 4.52. The van der Waals surface area contributed by atoms with E-state index in [2.05, 4.69) is 27.3 Å². The van der Waals surface area contributed by atoms with Crippen LogP contribution in [-0.4, -0.2) is 41.2 Å². The second-order valence-electron chi connectivity index (χ2n) is 5.02. The first kappa shape index (κ1) is 14.8. The summed E-state index contributed by atoms with van der Waals surface area (Å²) in [5.74, 6) is 1.07. The van der Waals surface area contributed by atoms with E-state index in [4.69, 9.17) is 27.7 Å². The maximum Gasteiger partial charge on any atom is 0.259 e. The fourth-order valence-electron chi connectivity index (χ4n) is 2.42. The number of rotatable bonds is 3. The highest BCUT2D eigenvalue weighted by atomic mass is 35.5. The van der Waals surface area contributed by atoms with Crippen molar-refractivity contribution >= 4 is 23.2 Å². The predicted molar refractivity (Wildman–Crippen MR) is 82.6 cm³/mol.